The van der Waals surface area contributed by atoms with E-state index in [-0.39, 0.29) is 5.78 Å². The van der Waals surface area contributed by atoms with Crippen molar-refractivity contribution in [1.29, 1.82) is 0 Å². The van der Waals surface area contributed by atoms with E-state index in [1.165, 1.54) is 0 Å². The molecule has 10 heavy (non-hydrogen) atoms. The molecule has 1 saturated carbocycles. The minimum Gasteiger partial charge on any atom is -0.393 e. The Morgan fingerprint density at radius 2 is 2.20 bits per heavy atom. The molecule has 0 amide bonds. The number of carbonyl (C=O) groups is 2. The maximum absolute atomic E-state index is 10.8. The Kier molecular flexibility index (Phi) is 1.85. The SMILES string of the molecule is CC(O)C1CCC(=O)C1=O. The molecule has 0 aliphatic heterocycles. The van der Waals surface area contributed by atoms with Gasteiger partial charge in [0.15, 0.2) is 5.78 Å². The highest BCUT2D eigenvalue weighted by atomic mass is 16.3. The lowest BCUT2D eigenvalue weighted by Crippen LogP contribution is -2.23. The number of carbonyl (C=O) groups excluding carboxylic acids is 2. The summed E-state index contributed by atoms with van der Waals surface area (Å²) in [5.74, 6) is -1.14. The Hall–Kier alpha value is -0.700. The molecule has 1 rings (SSSR count). The van der Waals surface area contributed by atoms with Gasteiger partial charge >= 0.3 is 0 Å². The van der Waals surface area contributed by atoms with Crippen LogP contribution in [-0.2, 0) is 9.59 Å². The van der Waals surface area contributed by atoms with Crippen molar-refractivity contribution < 1.29 is 14.7 Å². The van der Waals surface area contributed by atoms with E-state index >= 15 is 0 Å². The van der Waals surface area contributed by atoms with E-state index in [1.54, 1.807) is 6.92 Å². The van der Waals surface area contributed by atoms with Gasteiger partial charge in [0.1, 0.15) is 0 Å². The molecule has 0 aromatic heterocycles. The van der Waals surface area contributed by atoms with Gasteiger partial charge in [0, 0.05) is 6.42 Å². The van der Waals surface area contributed by atoms with Crippen LogP contribution in [0.4, 0.5) is 0 Å². The van der Waals surface area contributed by atoms with Crippen molar-refractivity contribution in [2.45, 2.75) is 25.9 Å². The Labute approximate surface area is 59.0 Å². The molecule has 1 aliphatic carbocycles. The summed E-state index contributed by atoms with van der Waals surface area (Å²) in [4.78, 5) is 21.5. The number of ketones is 2. The molecule has 1 aliphatic rings. The van der Waals surface area contributed by atoms with Crippen LogP contribution >= 0.6 is 0 Å². The van der Waals surface area contributed by atoms with Crippen LogP contribution in [-0.4, -0.2) is 22.8 Å². The van der Waals surface area contributed by atoms with Crippen LogP contribution < -0.4 is 0 Å². The van der Waals surface area contributed by atoms with Gasteiger partial charge in [-0.1, -0.05) is 0 Å². The monoisotopic (exact) mass is 142 g/mol. The average Bonchev–Trinajstić information content (AvgIpc) is 2.14. The Morgan fingerprint density at radius 1 is 1.60 bits per heavy atom. The second kappa shape index (κ2) is 2.50. The fourth-order valence-corrected chi connectivity index (χ4v) is 1.21. The van der Waals surface area contributed by atoms with Crippen molar-refractivity contribution in [3.8, 4) is 0 Å². The lowest BCUT2D eigenvalue weighted by atomic mass is 10.0. The lowest BCUT2D eigenvalue weighted by molar-refractivity contribution is -0.137. The number of aliphatic hydroxyl groups excluding tert-OH is 1. The highest BCUT2D eigenvalue weighted by Gasteiger charge is 2.35. The lowest BCUT2D eigenvalue weighted by Gasteiger charge is -2.08. The molecular weight excluding hydrogens is 132 g/mol. The zero-order chi connectivity index (χ0) is 7.72. The fraction of sp³-hybridized carbons (Fsp3) is 0.714. The number of hydrogen-bond acceptors (Lipinski definition) is 3. The summed E-state index contributed by atoms with van der Waals surface area (Å²) in [5, 5.41) is 8.97. The molecular formula is C7H10O3. The Bertz CT molecular complexity index is 172. The largest absolute Gasteiger partial charge is 0.393 e. The molecule has 0 saturated heterocycles. The van der Waals surface area contributed by atoms with Crippen molar-refractivity contribution in [2.75, 3.05) is 0 Å². The van der Waals surface area contributed by atoms with Gasteiger partial charge in [-0.2, -0.15) is 0 Å². The minimum atomic E-state index is -0.668. The molecule has 0 bridgehead atoms. The topological polar surface area (TPSA) is 54.4 Å². The van der Waals surface area contributed by atoms with Crippen LogP contribution in [0.5, 0.6) is 0 Å². The van der Waals surface area contributed by atoms with Crippen LogP contribution in [0.1, 0.15) is 19.8 Å². The zero-order valence-corrected chi connectivity index (χ0v) is 5.83. The van der Waals surface area contributed by atoms with Gasteiger partial charge in [0.05, 0.1) is 12.0 Å². The predicted molar refractivity (Wildman–Crippen MR) is 34.4 cm³/mol. The molecule has 56 valence electrons. The van der Waals surface area contributed by atoms with Crippen LogP contribution in [0.15, 0.2) is 0 Å². The first-order valence-electron chi connectivity index (χ1n) is 3.38. The predicted octanol–water partition coefficient (Wildman–Crippen LogP) is -0.0846. The van der Waals surface area contributed by atoms with E-state index < -0.39 is 17.8 Å². The first kappa shape index (κ1) is 7.41. The second-order valence-electron chi connectivity index (χ2n) is 2.67. The summed E-state index contributed by atoms with van der Waals surface area (Å²) in [6.07, 6.45) is 0.169. The fourth-order valence-electron chi connectivity index (χ4n) is 1.21. The van der Waals surface area contributed by atoms with Gasteiger partial charge < -0.3 is 5.11 Å². The molecule has 2 atom stereocenters. The Morgan fingerprint density at radius 3 is 2.40 bits per heavy atom. The summed E-state index contributed by atoms with van der Waals surface area (Å²) in [5.41, 5.74) is 0. The third-order valence-corrected chi connectivity index (χ3v) is 1.88. The van der Waals surface area contributed by atoms with Crippen molar-refractivity contribution >= 4 is 11.6 Å². The van der Waals surface area contributed by atoms with Crippen molar-refractivity contribution in [3.63, 3.8) is 0 Å². The van der Waals surface area contributed by atoms with Crippen LogP contribution in [0, 0.1) is 5.92 Å². The van der Waals surface area contributed by atoms with E-state index in [0.29, 0.717) is 12.8 Å². The molecule has 3 nitrogen and oxygen atoms in total. The first-order chi connectivity index (χ1) is 4.63. The molecule has 0 aromatic rings. The average molecular weight is 142 g/mol. The highest BCUT2D eigenvalue weighted by molar-refractivity contribution is 6.39. The maximum atomic E-state index is 10.8. The Balaban J connectivity index is 2.66. The molecule has 3 heteroatoms. The first-order valence-corrected chi connectivity index (χ1v) is 3.38. The van der Waals surface area contributed by atoms with Crippen LogP contribution in [0.25, 0.3) is 0 Å². The quantitative estimate of drug-likeness (QED) is 0.521. The summed E-state index contributed by atoms with van der Waals surface area (Å²) in [7, 11) is 0. The van der Waals surface area contributed by atoms with Crippen LogP contribution in [0.3, 0.4) is 0 Å². The number of aliphatic hydroxyl groups is 1. The number of hydrogen-bond donors (Lipinski definition) is 1. The molecule has 0 aromatic carbocycles. The van der Waals surface area contributed by atoms with Gasteiger partial charge in [-0.3, -0.25) is 9.59 Å². The van der Waals surface area contributed by atoms with E-state index in [4.69, 9.17) is 5.11 Å². The van der Waals surface area contributed by atoms with Gasteiger partial charge in [-0.15, -0.1) is 0 Å². The normalized spacial score (nSPS) is 29.2. The van der Waals surface area contributed by atoms with Gasteiger partial charge in [0.25, 0.3) is 0 Å². The summed E-state index contributed by atoms with van der Waals surface area (Å²) in [6, 6.07) is 0. The van der Waals surface area contributed by atoms with Gasteiger partial charge in [-0.05, 0) is 13.3 Å². The highest BCUT2D eigenvalue weighted by Crippen LogP contribution is 2.21. The second-order valence-corrected chi connectivity index (χ2v) is 2.67. The van der Waals surface area contributed by atoms with Crippen molar-refractivity contribution in [3.05, 3.63) is 0 Å². The van der Waals surface area contributed by atoms with Gasteiger partial charge in [-0.25, -0.2) is 0 Å². The van der Waals surface area contributed by atoms with E-state index in [9.17, 15) is 9.59 Å². The van der Waals surface area contributed by atoms with Crippen LogP contribution in [0.2, 0.25) is 0 Å². The number of Topliss-reactive ketones (excluding diaryl/α,β-unsaturated/α-hetero) is 2. The van der Waals surface area contributed by atoms with E-state index in [1.807, 2.05) is 0 Å². The zero-order valence-electron chi connectivity index (χ0n) is 5.83. The maximum Gasteiger partial charge on any atom is 0.204 e. The summed E-state index contributed by atoms with van der Waals surface area (Å²) in [6.45, 7) is 1.54. The smallest absolute Gasteiger partial charge is 0.204 e. The van der Waals surface area contributed by atoms with Crippen molar-refractivity contribution in [1.82, 2.24) is 0 Å². The third kappa shape index (κ3) is 1.09. The molecule has 1 fully saturated rings. The summed E-state index contributed by atoms with van der Waals surface area (Å²) >= 11 is 0. The molecule has 0 spiro atoms. The molecule has 0 radical (unpaired) electrons. The minimum absolute atomic E-state index is 0.314. The van der Waals surface area contributed by atoms with Gasteiger partial charge in [0.2, 0.25) is 5.78 Å². The summed E-state index contributed by atoms with van der Waals surface area (Å²) < 4.78 is 0. The molecule has 0 heterocycles. The standard InChI is InChI=1S/C7H10O3/c1-4(8)5-2-3-6(9)7(5)10/h4-5,8H,2-3H2,1H3. The molecule has 1 N–H and O–H groups in total. The van der Waals surface area contributed by atoms with E-state index in [0.717, 1.165) is 0 Å². The van der Waals surface area contributed by atoms with Crippen molar-refractivity contribution in [2.24, 2.45) is 5.92 Å². The third-order valence-electron chi connectivity index (χ3n) is 1.88. The number of rotatable bonds is 1. The van der Waals surface area contributed by atoms with E-state index in [2.05, 4.69) is 0 Å². The molecule has 2 unspecified atom stereocenters.